The Morgan fingerprint density at radius 3 is 1.57 bits per heavy atom. The van der Waals surface area contributed by atoms with E-state index in [0.29, 0.717) is 5.92 Å². The zero-order chi connectivity index (χ0) is 41.0. The predicted octanol–water partition coefficient (Wildman–Crippen LogP) is 14.9. The molecule has 290 valence electrons. The van der Waals surface area contributed by atoms with E-state index in [1.165, 1.54) is 66.3 Å². The van der Waals surface area contributed by atoms with Gasteiger partial charge in [-0.15, -0.1) is 0 Å². The number of imidazole rings is 1. The zero-order valence-corrected chi connectivity index (χ0v) is 37.0. The van der Waals surface area contributed by atoms with E-state index in [1.54, 1.807) is 0 Å². The van der Waals surface area contributed by atoms with Gasteiger partial charge in [0.25, 0.3) is 0 Å². The molecule has 0 aliphatic heterocycles. The van der Waals surface area contributed by atoms with Crippen LogP contribution in [0.2, 0.25) is 0 Å². The molecule has 1 unspecified atom stereocenters. The quantitative estimate of drug-likeness (QED) is 0.157. The van der Waals surface area contributed by atoms with Gasteiger partial charge < -0.3 is 0 Å². The average molecular weight is 727 g/mol. The molecule has 0 spiro atoms. The second-order valence-electron chi connectivity index (χ2n) is 11.6. The first-order chi connectivity index (χ1) is 26.5. The Labute approximate surface area is 330 Å². The molecule has 2 heterocycles. The minimum Gasteiger partial charge on any atom is -0.237 e. The van der Waals surface area contributed by atoms with Crippen molar-refractivity contribution < 1.29 is 4.57 Å². The van der Waals surface area contributed by atoms with E-state index >= 15 is 0 Å². The topological polar surface area (TPSA) is 13.7 Å². The lowest BCUT2D eigenvalue weighted by molar-refractivity contribution is -0.664. The monoisotopic (exact) mass is 727 g/mol. The maximum absolute atomic E-state index is 2.36. The molecule has 0 N–H and O–H groups in total. The molecule has 0 amide bonds. The van der Waals surface area contributed by atoms with Gasteiger partial charge in [0.05, 0.1) is 26.5 Å². The van der Waals surface area contributed by atoms with E-state index in [9.17, 15) is 0 Å². The van der Waals surface area contributed by atoms with Crippen LogP contribution >= 0.6 is 0 Å². The van der Waals surface area contributed by atoms with Gasteiger partial charge in [-0.2, -0.15) is 4.57 Å². The molecule has 0 saturated carbocycles. The number of rotatable bonds is 2. The lowest BCUT2D eigenvalue weighted by Gasteiger charge is -2.18. The summed E-state index contributed by atoms with van der Waals surface area (Å²) in [6.45, 7) is 30.6. The van der Waals surface area contributed by atoms with E-state index in [1.807, 2.05) is 83.1 Å². The Kier molecular flexibility index (Phi) is 21.3. The summed E-state index contributed by atoms with van der Waals surface area (Å²) in [6, 6.07) is 39.4. The maximum Gasteiger partial charge on any atom is 0.369 e. The van der Waals surface area contributed by atoms with Gasteiger partial charge in [-0.25, -0.2) is 9.13 Å². The molecule has 5 aromatic carbocycles. The normalized spacial score (nSPS) is 11.2. The zero-order valence-electron chi connectivity index (χ0n) is 37.0. The Hall–Kier alpha value is -4.89. The average Bonchev–Trinajstić information content (AvgIpc) is 3.89. The van der Waals surface area contributed by atoms with Crippen molar-refractivity contribution in [3.05, 3.63) is 155 Å². The van der Waals surface area contributed by atoms with Crippen molar-refractivity contribution in [1.82, 2.24) is 9.13 Å². The summed E-state index contributed by atoms with van der Waals surface area (Å²) >= 11 is 0. The summed E-state index contributed by atoms with van der Waals surface area (Å²) in [5.74, 6) is 1.54. The largest absolute Gasteiger partial charge is 0.369 e. The number of hydrogen-bond donors (Lipinski definition) is 0. The Balaban J connectivity index is 0.000000424. The molecule has 0 radical (unpaired) electrons. The molecular weight excluding hydrogens is 655 g/mol. The van der Waals surface area contributed by atoms with Crippen LogP contribution in [0, 0.1) is 20.8 Å². The molecule has 3 heteroatoms. The third-order valence-electron chi connectivity index (χ3n) is 8.92. The highest BCUT2D eigenvalue weighted by Gasteiger charge is 2.31. The fourth-order valence-electron chi connectivity index (χ4n) is 6.98. The third-order valence-corrected chi connectivity index (χ3v) is 8.92. The van der Waals surface area contributed by atoms with Crippen LogP contribution in [0.1, 0.15) is 122 Å². The van der Waals surface area contributed by atoms with Gasteiger partial charge in [0.15, 0.2) is 0 Å². The number of benzene rings is 5. The molecule has 0 saturated heterocycles. The van der Waals surface area contributed by atoms with Crippen LogP contribution in [0.4, 0.5) is 0 Å². The fraction of sp³-hybridized carbons (Fsp3) is 0.353. The molecule has 1 atom stereocenters. The molecule has 0 fully saturated rings. The number of fused-ring (bicyclic) bond motifs is 6. The van der Waals surface area contributed by atoms with Gasteiger partial charge in [-0.05, 0) is 71.3 Å². The van der Waals surface area contributed by atoms with E-state index in [4.69, 9.17) is 0 Å². The summed E-state index contributed by atoms with van der Waals surface area (Å²) in [7, 11) is 4.18. The van der Waals surface area contributed by atoms with Crippen LogP contribution in [-0.2, 0) is 14.1 Å². The van der Waals surface area contributed by atoms with Crippen molar-refractivity contribution in [3.8, 4) is 17.1 Å². The standard InChI is InChI=1S/C21H18.C18H18N3.6C2H6/c1-14-8-3-4-10-16(14)21-19-12-6-5-11-17(19)18-13-7-9-15(2)20(18)21;1-13-7-6-9-15-14-8-4-5-10-16(14)21(17(13)15)18-19(2)11-12-20(18)3;6*1-2/h3-13,21H,1-2H3;4-12H,1-3H3;6*1-2H3/q;+1;;;;;;. The van der Waals surface area contributed by atoms with Crippen molar-refractivity contribution in [2.24, 2.45) is 14.1 Å². The number of para-hydroxylation sites is 2. The second-order valence-corrected chi connectivity index (χ2v) is 11.6. The van der Waals surface area contributed by atoms with E-state index in [-0.39, 0.29) is 0 Å². The van der Waals surface area contributed by atoms with Gasteiger partial charge in [0, 0.05) is 16.7 Å². The number of aromatic nitrogens is 3. The van der Waals surface area contributed by atoms with Gasteiger partial charge in [-0.1, -0.05) is 186 Å². The first kappa shape index (κ1) is 47.1. The van der Waals surface area contributed by atoms with Gasteiger partial charge in [-0.3, -0.25) is 0 Å². The molecular formula is C51H72N3+. The highest BCUT2D eigenvalue weighted by Crippen LogP contribution is 2.49. The Morgan fingerprint density at radius 2 is 0.963 bits per heavy atom. The van der Waals surface area contributed by atoms with Crippen molar-refractivity contribution in [3.63, 3.8) is 0 Å². The predicted molar refractivity (Wildman–Crippen MR) is 242 cm³/mol. The van der Waals surface area contributed by atoms with Crippen LogP contribution in [0.3, 0.4) is 0 Å². The molecule has 0 bridgehead atoms. The lowest BCUT2D eigenvalue weighted by atomic mass is 9.85. The molecule has 1 aliphatic carbocycles. The second kappa shape index (κ2) is 24.4. The maximum atomic E-state index is 2.36. The van der Waals surface area contributed by atoms with Crippen molar-refractivity contribution in [1.29, 1.82) is 0 Å². The molecule has 8 rings (SSSR count). The molecule has 1 aliphatic rings. The van der Waals surface area contributed by atoms with Crippen molar-refractivity contribution in [2.45, 2.75) is 110 Å². The molecule has 3 nitrogen and oxygen atoms in total. The molecule has 54 heavy (non-hydrogen) atoms. The third kappa shape index (κ3) is 9.80. The highest BCUT2D eigenvalue weighted by atomic mass is 15.3. The SMILES string of the molecule is CC.CC.CC.CC.CC.CC.Cc1cccc2c3ccccc3n(-c3n(C)cc[n+]3C)c12.Cc1ccccc1C1c2ccccc2-c2cccc(C)c21. The fourth-order valence-corrected chi connectivity index (χ4v) is 6.98. The van der Waals surface area contributed by atoms with Crippen LogP contribution in [0.15, 0.2) is 122 Å². The first-order valence-electron chi connectivity index (χ1n) is 20.7. The molecule has 7 aromatic rings. The van der Waals surface area contributed by atoms with Crippen LogP contribution in [0.5, 0.6) is 0 Å². The van der Waals surface area contributed by atoms with E-state index in [0.717, 1.165) is 5.95 Å². The van der Waals surface area contributed by atoms with Gasteiger partial charge >= 0.3 is 5.95 Å². The smallest absolute Gasteiger partial charge is 0.237 e. The summed E-state index contributed by atoms with van der Waals surface area (Å²) < 4.78 is 6.69. The highest BCUT2D eigenvalue weighted by molar-refractivity contribution is 6.09. The van der Waals surface area contributed by atoms with Crippen LogP contribution in [0.25, 0.3) is 38.9 Å². The van der Waals surface area contributed by atoms with Crippen molar-refractivity contribution in [2.75, 3.05) is 0 Å². The summed E-state index contributed by atoms with van der Waals surface area (Å²) in [6.07, 6.45) is 4.18. The van der Waals surface area contributed by atoms with E-state index in [2.05, 4.69) is 170 Å². The Morgan fingerprint density at radius 1 is 0.481 bits per heavy atom. The van der Waals surface area contributed by atoms with Crippen LogP contribution in [-0.4, -0.2) is 9.13 Å². The summed E-state index contributed by atoms with van der Waals surface area (Å²) in [4.78, 5) is 0. The lowest BCUT2D eigenvalue weighted by Crippen LogP contribution is -2.32. The van der Waals surface area contributed by atoms with Crippen LogP contribution < -0.4 is 4.57 Å². The first-order valence-corrected chi connectivity index (χ1v) is 20.7. The van der Waals surface area contributed by atoms with Crippen molar-refractivity contribution >= 4 is 21.8 Å². The number of aryl methyl sites for hydroxylation is 5. The summed E-state index contributed by atoms with van der Waals surface area (Å²) in [5.41, 5.74) is 13.7. The van der Waals surface area contributed by atoms with E-state index < -0.39 is 0 Å². The summed E-state index contributed by atoms with van der Waals surface area (Å²) in [5, 5.41) is 2.62. The van der Waals surface area contributed by atoms with Gasteiger partial charge in [0.2, 0.25) is 0 Å². The minimum absolute atomic E-state index is 0.374. The molecule has 2 aromatic heterocycles. The number of hydrogen-bond acceptors (Lipinski definition) is 0. The minimum atomic E-state index is 0.374. The Bertz CT molecular complexity index is 2090. The van der Waals surface area contributed by atoms with Gasteiger partial charge in [0.1, 0.15) is 11.0 Å². The number of nitrogens with zero attached hydrogens (tertiary/aromatic N) is 3.